The summed E-state index contributed by atoms with van der Waals surface area (Å²) >= 11 is 0. The van der Waals surface area contributed by atoms with E-state index in [0.29, 0.717) is 0 Å². The zero-order valence-electron chi connectivity index (χ0n) is 21.1. The van der Waals surface area contributed by atoms with Gasteiger partial charge in [0.25, 0.3) is 12.7 Å². The van der Waals surface area contributed by atoms with Gasteiger partial charge in [-0.3, -0.25) is 9.59 Å². The summed E-state index contributed by atoms with van der Waals surface area (Å²) in [7, 11) is 0. The number of nitrogens with one attached hydrogen (secondary N) is 1. The molecule has 0 aliphatic heterocycles. The molecular weight excluding hydrogens is 458 g/mol. The average Bonchev–Trinajstić information content (AvgIpc) is 2.68. The summed E-state index contributed by atoms with van der Waals surface area (Å²) in [5.74, 6) is -3.51. The van der Waals surface area contributed by atoms with Crippen molar-refractivity contribution in [1.82, 2.24) is 5.32 Å². The number of rotatable bonds is 12. The second-order valence-electron chi connectivity index (χ2n) is 9.61. The number of halogens is 2. The highest BCUT2D eigenvalue weighted by Crippen LogP contribution is 2.22. The van der Waals surface area contributed by atoms with E-state index < -0.39 is 66.3 Å². The topological polar surface area (TPSA) is 143 Å². The lowest BCUT2D eigenvalue weighted by molar-refractivity contribution is -0.194. The second kappa shape index (κ2) is 13.4. The molecule has 12 heteroatoms. The van der Waals surface area contributed by atoms with Crippen molar-refractivity contribution >= 4 is 24.0 Å². The number of nitrogens with two attached hydrogens (primary N) is 1. The molecule has 0 aromatic carbocycles. The zero-order chi connectivity index (χ0) is 26.9. The Labute approximate surface area is 199 Å². The number of hydrogen-bond acceptors (Lipinski definition) is 9. The molecule has 1 amide bonds. The number of amides is 1. The molecule has 0 fully saturated rings. The van der Waals surface area contributed by atoms with E-state index in [0.717, 1.165) is 0 Å². The summed E-state index contributed by atoms with van der Waals surface area (Å²) in [5.41, 5.74) is 2.12. The molecule has 198 valence electrons. The third kappa shape index (κ3) is 10.6. The predicted molar refractivity (Wildman–Crippen MR) is 117 cm³/mol. The summed E-state index contributed by atoms with van der Waals surface area (Å²) in [6, 6.07) is 0. The van der Waals surface area contributed by atoms with Crippen LogP contribution in [0.4, 0.5) is 13.6 Å². The van der Waals surface area contributed by atoms with Crippen molar-refractivity contribution in [3.8, 4) is 0 Å². The van der Waals surface area contributed by atoms with E-state index >= 15 is 0 Å². The first kappa shape index (κ1) is 31.5. The fourth-order valence-electron chi connectivity index (χ4n) is 2.18. The van der Waals surface area contributed by atoms with Crippen molar-refractivity contribution in [2.24, 2.45) is 23.0 Å². The number of hydrogen-bond donors (Lipinski definition) is 2. The van der Waals surface area contributed by atoms with Crippen molar-refractivity contribution < 1.29 is 46.9 Å². The maximum Gasteiger partial charge on any atom is 0.410 e. The van der Waals surface area contributed by atoms with Gasteiger partial charge in [-0.1, -0.05) is 27.7 Å². The first-order valence-electron chi connectivity index (χ1n) is 11.1. The fraction of sp³-hybridized carbons (Fsp3) is 0.818. The smallest absolute Gasteiger partial charge is 0.410 e. The minimum absolute atomic E-state index is 0.126. The van der Waals surface area contributed by atoms with Gasteiger partial charge >= 0.3 is 24.0 Å². The van der Waals surface area contributed by atoms with E-state index in [1.54, 1.807) is 48.5 Å². The van der Waals surface area contributed by atoms with Crippen LogP contribution >= 0.6 is 0 Å². The van der Waals surface area contributed by atoms with Crippen molar-refractivity contribution in [1.29, 1.82) is 0 Å². The van der Waals surface area contributed by atoms with Crippen LogP contribution in [0.1, 0.15) is 68.2 Å². The maximum absolute atomic E-state index is 13.5. The lowest BCUT2D eigenvalue weighted by Crippen LogP contribution is -2.56. The standard InChI is InChI=1S/C22H38F2N2O8/c1-12(2)15(27)31-14(5)32-19(29)22(25,17(23)24)10-9-11-26-20(30)34-16(13(3)4)33-18(28)21(6,7)8/h12-14,16-17H,9-11,25H2,1-8H3,(H,26,30). The van der Waals surface area contributed by atoms with Gasteiger partial charge in [-0.15, -0.1) is 0 Å². The molecule has 0 radical (unpaired) electrons. The minimum Gasteiger partial charge on any atom is -0.425 e. The molecule has 3 atom stereocenters. The summed E-state index contributed by atoms with van der Waals surface area (Å²) < 4.78 is 47.0. The van der Waals surface area contributed by atoms with Gasteiger partial charge in [0.1, 0.15) is 0 Å². The van der Waals surface area contributed by atoms with Gasteiger partial charge in [0.05, 0.1) is 11.3 Å². The molecule has 0 bridgehead atoms. The molecule has 0 aliphatic carbocycles. The van der Waals surface area contributed by atoms with Crippen LogP contribution in [0.2, 0.25) is 0 Å². The molecule has 0 aromatic heterocycles. The van der Waals surface area contributed by atoms with E-state index in [4.69, 9.17) is 24.7 Å². The molecular formula is C22H38F2N2O8. The van der Waals surface area contributed by atoms with Gasteiger partial charge in [0.15, 0.2) is 5.54 Å². The summed E-state index contributed by atoms with van der Waals surface area (Å²) in [6.45, 7) is 12.5. The number of carbonyl (C=O) groups is 4. The van der Waals surface area contributed by atoms with Gasteiger partial charge in [0.2, 0.25) is 6.29 Å². The fourth-order valence-corrected chi connectivity index (χ4v) is 2.18. The van der Waals surface area contributed by atoms with Crippen molar-refractivity contribution in [3.05, 3.63) is 0 Å². The Bertz CT molecular complexity index is 710. The van der Waals surface area contributed by atoms with Gasteiger partial charge in [-0.2, -0.15) is 0 Å². The third-order valence-corrected chi connectivity index (χ3v) is 4.44. The van der Waals surface area contributed by atoms with Gasteiger partial charge in [0, 0.05) is 19.4 Å². The highest BCUT2D eigenvalue weighted by Gasteiger charge is 2.45. The van der Waals surface area contributed by atoms with Crippen LogP contribution in [0.5, 0.6) is 0 Å². The number of esters is 3. The summed E-state index contributed by atoms with van der Waals surface area (Å²) in [6.07, 6.45) is -7.42. The highest BCUT2D eigenvalue weighted by molar-refractivity contribution is 5.81. The van der Waals surface area contributed by atoms with Gasteiger partial charge in [-0.05, 0) is 33.6 Å². The third-order valence-electron chi connectivity index (χ3n) is 4.44. The summed E-state index contributed by atoms with van der Waals surface area (Å²) in [5, 5.41) is 2.34. The molecule has 0 aromatic rings. The zero-order valence-corrected chi connectivity index (χ0v) is 21.1. The quantitative estimate of drug-likeness (QED) is 0.237. The van der Waals surface area contributed by atoms with E-state index in [9.17, 15) is 28.0 Å². The van der Waals surface area contributed by atoms with E-state index in [1.165, 1.54) is 6.92 Å². The monoisotopic (exact) mass is 496 g/mol. The van der Waals surface area contributed by atoms with E-state index in [-0.39, 0.29) is 18.9 Å². The molecule has 0 rings (SSSR count). The number of carbonyl (C=O) groups excluding carboxylic acids is 4. The van der Waals surface area contributed by atoms with Crippen LogP contribution < -0.4 is 11.1 Å². The molecule has 0 heterocycles. The van der Waals surface area contributed by atoms with Crippen LogP contribution in [0.25, 0.3) is 0 Å². The molecule has 3 unspecified atom stereocenters. The minimum atomic E-state index is -3.28. The molecule has 10 nitrogen and oxygen atoms in total. The number of alkyl carbamates (subject to hydrolysis) is 1. The number of ether oxygens (including phenoxy) is 4. The Morgan fingerprint density at radius 1 is 0.882 bits per heavy atom. The Balaban J connectivity index is 4.80. The van der Waals surface area contributed by atoms with Crippen LogP contribution in [-0.2, 0) is 33.3 Å². The van der Waals surface area contributed by atoms with Crippen molar-refractivity contribution in [2.45, 2.75) is 92.8 Å². The first-order valence-corrected chi connectivity index (χ1v) is 11.1. The van der Waals surface area contributed by atoms with Crippen LogP contribution in [0.15, 0.2) is 0 Å². The lowest BCUT2D eigenvalue weighted by Gasteiger charge is -2.28. The molecule has 0 saturated carbocycles. The molecule has 0 saturated heterocycles. The Kier molecular flexibility index (Phi) is 12.4. The van der Waals surface area contributed by atoms with Crippen LogP contribution in [0.3, 0.4) is 0 Å². The molecule has 34 heavy (non-hydrogen) atoms. The lowest BCUT2D eigenvalue weighted by atomic mass is 9.95. The molecule has 3 N–H and O–H groups in total. The molecule has 0 spiro atoms. The Hall–Kier alpha value is -2.50. The highest BCUT2D eigenvalue weighted by atomic mass is 19.3. The maximum atomic E-state index is 13.5. The second-order valence-corrected chi connectivity index (χ2v) is 9.61. The largest absolute Gasteiger partial charge is 0.425 e. The number of alkyl halides is 2. The Morgan fingerprint density at radius 2 is 1.44 bits per heavy atom. The van der Waals surface area contributed by atoms with Crippen molar-refractivity contribution in [2.75, 3.05) is 6.54 Å². The van der Waals surface area contributed by atoms with Crippen LogP contribution in [0, 0.1) is 17.3 Å². The predicted octanol–water partition coefficient (Wildman–Crippen LogP) is 3.12. The summed E-state index contributed by atoms with van der Waals surface area (Å²) in [4.78, 5) is 47.8. The van der Waals surface area contributed by atoms with Gasteiger partial charge < -0.3 is 30.0 Å². The van der Waals surface area contributed by atoms with E-state index in [1.807, 2.05) is 0 Å². The van der Waals surface area contributed by atoms with Crippen LogP contribution in [-0.4, -0.2) is 55.1 Å². The first-order chi connectivity index (χ1) is 15.4. The SMILES string of the molecule is CC(OC(=O)C(C)C)OC(=O)C(N)(CCCNC(=O)OC(OC(=O)C(C)(C)C)C(C)C)C(F)F. The van der Waals surface area contributed by atoms with Crippen molar-refractivity contribution in [3.63, 3.8) is 0 Å². The Morgan fingerprint density at radius 3 is 1.88 bits per heavy atom. The average molecular weight is 497 g/mol. The van der Waals surface area contributed by atoms with E-state index in [2.05, 4.69) is 5.32 Å². The molecule has 0 aliphatic rings. The van der Waals surface area contributed by atoms with Gasteiger partial charge in [-0.25, -0.2) is 18.4 Å². The normalized spacial score (nSPS) is 15.4.